The molecule has 3 heterocycles. The average molecular weight is 350 g/mol. The molecule has 136 valence electrons. The summed E-state index contributed by atoms with van der Waals surface area (Å²) in [6.07, 6.45) is 7.58. The summed E-state index contributed by atoms with van der Waals surface area (Å²) in [5.41, 5.74) is 3.05. The normalized spacial score (nSPS) is 20.2. The lowest BCUT2D eigenvalue weighted by Crippen LogP contribution is -2.45. The smallest absolute Gasteiger partial charge is 0.0909 e. The van der Waals surface area contributed by atoms with Crippen LogP contribution in [0.2, 0.25) is 0 Å². The van der Waals surface area contributed by atoms with Gasteiger partial charge in [-0.1, -0.05) is 24.3 Å². The van der Waals surface area contributed by atoms with E-state index in [0.717, 1.165) is 32.5 Å². The second-order valence-corrected chi connectivity index (χ2v) is 7.33. The first-order valence-electron chi connectivity index (χ1n) is 9.31. The highest BCUT2D eigenvalue weighted by Crippen LogP contribution is 2.21. The van der Waals surface area contributed by atoms with Crippen molar-refractivity contribution in [1.82, 2.24) is 20.2 Å². The Morgan fingerprint density at radius 1 is 1.19 bits per heavy atom. The van der Waals surface area contributed by atoms with Crippen LogP contribution in [0.5, 0.6) is 0 Å². The molecule has 1 aromatic carbocycles. The van der Waals surface area contributed by atoms with Gasteiger partial charge in [0.05, 0.1) is 5.60 Å². The summed E-state index contributed by atoms with van der Waals surface area (Å²) in [5, 5.41) is 15.4. The van der Waals surface area contributed by atoms with Crippen molar-refractivity contribution in [3.05, 3.63) is 66.1 Å². The van der Waals surface area contributed by atoms with Crippen LogP contribution in [0.4, 0.5) is 0 Å². The summed E-state index contributed by atoms with van der Waals surface area (Å²) in [6, 6.07) is 12.5. The second-order valence-electron chi connectivity index (χ2n) is 7.33. The molecular weight excluding hydrogens is 324 g/mol. The number of β-amino-alcohol motifs (C(OH)–C–C–N with tert-alkyl or cyclic N) is 1. The number of H-pyrrole nitrogens is 1. The quantitative estimate of drug-likeness (QED) is 0.612. The van der Waals surface area contributed by atoms with Gasteiger partial charge >= 0.3 is 0 Å². The van der Waals surface area contributed by atoms with E-state index >= 15 is 0 Å². The van der Waals surface area contributed by atoms with Crippen LogP contribution < -0.4 is 5.32 Å². The standard InChI is InChI=1S/C21H26N4O/c26-21(8-10-23-15-21)16-25(14-17-4-3-9-22-12-17)11-7-18-13-24-20-6-2-1-5-19(18)20/h1-6,9,12-13,23-24,26H,7-8,10-11,14-16H2/t21-/m0/s1. The molecule has 0 radical (unpaired) electrons. The Balaban J connectivity index is 1.48. The molecule has 1 saturated heterocycles. The molecule has 5 heteroatoms. The third kappa shape index (κ3) is 3.96. The van der Waals surface area contributed by atoms with E-state index in [1.165, 1.54) is 22.0 Å². The van der Waals surface area contributed by atoms with Gasteiger partial charge in [-0.2, -0.15) is 0 Å². The van der Waals surface area contributed by atoms with Crippen LogP contribution in [0.1, 0.15) is 17.5 Å². The molecule has 1 aliphatic heterocycles. The Bertz CT molecular complexity index is 839. The molecule has 0 bridgehead atoms. The van der Waals surface area contributed by atoms with Gasteiger partial charge in [0.2, 0.25) is 0 Å². The van der Waals surface area contributed by atoms with Crippen LogP contribution in [0.25, 0.3) is 10.9 Å². The molecule has 26 heavy (non-hydrogen) atoms. The van der Waals surface area contributed by atoms with E-state index in [1.54, 1.807) is 6.20 Å². The number of fused-ring (bicyclic) bond motifs is 1. The van der Waals surface area contributed by atoms with Gasteiger partial charge in [0.25, 0.3) is 0 Å². The Hall–Kier alpha value is -2.21. The third-order valence-electron chi connectivity index (χ3n) is 5.24. The van der Waals surface area contributed by atoms with E-state index in [0.29, 0.717) is 13.1 Å². The molecular formula is C21H26N4O. The van der Waals surface area contributed by atoms with Crippen LogP contribution in [0, 0.1) is 0 Å². The van der Waals surface area contributed by atoms with Crippen LogP contribution in [0.3, 0.4) is 0 Å². The number of rotatable bonds is 7. The largest absolute Gasteiger partial charge is 0.387 e. The Kier molecular flexibility index (Phi) is 5.02. The van der Waals surface area contributed by atoms with Crippen LogP contribution in [-0.2, 0) is 13.0 Å². The highest BCUT2D eigenvalue weighted by Gasteiger charge is 2.33. The van der Waals surface area contributed by atoms with Gasteiger partial charge in [-0.25, -0.2) is 0 Å². The molecule has 3 N–H and O–H groups in total. The highest BCUT2D eigenvalue weighted by molar-refractivity contribution is 5.83. The predicted molar refractivity (Wildman–Crippen MR) is 104 cm³/mol. The van der Waals surface area contributed by atoms with Crippen molar-refractivity contribution in [2.75, 3.05) is 26.2 Å². The molecule has 0 unspecified atom stereocenters. The van der Waals surface area contributed by atoms with Gasteiger partial charge in [-0.05, 0) is 42.6 Å². The summed E-state index contributed by atoms with van der Waals surface area (Å²) in [5.74, 6) is 0. The fraction of sp³-hybridized carbons (Fsp3) is 0.381. The van der Waals surface area contributed by atoms with Crippen molar-refractivity contribution in [3.63, 3.8) is 0 Å². The average Bonchev–Trinajstić information content (AvgIpc) is 3.27. The Morgan fingerprint density at radius 3 is 2.92 bits per heavy atom. The van der Waals surface area contributed by atoms with E-state index in [1.807, 2.05) is 12.3 Å². The zero-order valence-electron chi connectivity index (χ0n) is 15.0. The molecule has 0 amide bonds. The summed E-state index contributed by atoms with van der Waals surface area (Å²) in [7, 11) is 0. The van der Waals surface area contributed by atoms with Gasteiger partial charge < -0.3 is 15.4 Å². The van der Waals surface area contributed by atoms with Crippen molar-refractivity contribution in [1.29, 1.82) is 0 Å². The van der Waals surface area contributed by atoms with Gasteiger partial charge in [-0.15, -0.1) is 0 Å². The van der Waals surface area contributed by atoms with E-state index in [-0.39, 0.29) is 0 Å². The molecule has 1 fully saturated rings. The maximum Gasteiger partial charge on any atom is 0.0909 e. The molecule has 5 nitrogen and oxygen atoms in total. The summed E-state index contributed by atoms with van der Waals surface area (Å²) in [4.78, 5) is 9.94. The minimum Gasteiger partial charge on any atom is -0.387 e. The molecule has 2 aromatic heterocycles. The van der Waals surface area contributed by atoms with Crippen molar-refractivity contribution < 1.29 is 5.11 Å². The monoisotopic (exact) mass is 350 g/mol. The lowest BCUT2D eigenvalue weighted by molar-refractivity contribution is 0.0186. The Labute approximate surface area is 154 Å². The van der Waals surface area contributed by atoms with E-state index in [9.17, 15) is 5.11 Å². The number of nitrogens with zero attached hydrogens (tertiary/aromatic N) is 2. The maximum atomic E-state index is 10.8. The first-order chi connectivity index (χ1) is 12.7. The first-order valence-corrected chi connectivity index (χ1v) is 9.31. The number of aromatic amines is 1. The molecule has 3 aromatic rings. The lowest BCUT2D eigenvalue weighted by Gasteiger charge is -2.31. The molecule has 0 saturated carbocycles. The first kappa shape index (κ1) is 17.2. The Morgan fingerprint density at radius 2 is 2.12 bits per heavy atom. The van der Waals surface area contributed by atoms with E-state index in [2.05, 4.69) is 56.7 Å². The summed E-state index contributed by atoms with van der Waals surface area (Å²) in [6.45, 7) is 3.94. The number of pyridine rings is 1. The van der Waals surface area contributed by atoms with Gasteiger partial charge in [0, 0.05) is 55.7 Å². The van der Waals surface area contributed by atoms with Crippen molar-refractivity contribution in [2.24, 2.45) is 0 Å². The molecule has 1 aliphatic rings. The predicted octanol–water partition coefficient (Wildman–Crippen LogP) is 2.33. The fourth-order valence-corrected chi connectivity index (χ4v) is 3.86. The third-order valence-corrected chi connectivity index (χ3v) is 5.24. The molecule has 1 atom stereocenters. The molecule has 4 rings (SSSR count). The number of benzene rings is 1. The minimum absolute atomic E-state index is 0.636. The number of para-hydroxylation sites is 1. The van der Waals surface area contributed by atoms with Gasteiger partial charge in [0.1, 0.15) is 0 Å². The minimum atomic E-state index is -0.636. The summed E-state index contributed by atoms with van der Waals surface area (Å²) < 4.78 is 0. The van der Waals surface area contributed by atoms with Crippen LogP contribution in [-0.4, -0.2) is 51.8 Å². The molecule has 0 spiro atoms. The fourth-order valence-electron chi connectivity index (χ4n) is 3.86. The summed E-state index contributed by atoms with van der Waals surface area (Å²) >= 11 is 0. The number of nitrogens with one attached hydrogen (secondary N) is 2. The lowest BCUT2D eigenvalue weighted by atomic mass is 10.0. The van der Waals surface area contributed by atoms with E-state index < -0.39 is 5.60 Å². The topological polar surface area (TPSA) is 64.2 Å². The zero-order valence-corrected chi connectivity index (χ0v) is 15.0. The number of aliphatic hydroxyl groups is 1. The van der Waals surface area contributed by atoms with Gasteiger partial charge in [-0.3, -0.25) is 9.88 Å². The molecule has 0 aliphatic carbocycles. The maximum absolute atomic E-state index is 10.8. The van der Waals surface area contributed by atoms with Crippen LogP contribution >= 0.6 is 0 Å². The van der Waals surface area contributed by atoms with Crippen molar-refractivity contribution in [2.45, 2.75) is 25.0 Å². The van der Waals surface area contributed by atoms with Gasteiger partial charge in [0.15, 0.2) is 0 Å². The zero-order chi connectivity index (χ0) is 17.8. The van der Waals surface area contributed by atoms with Crippen molar-refractivity contribution in [3.8, 4) is 0 Å². The second kappa shape index (κ2) is 7.58. The number of hydrogen-bond acceptors (Lipinski definition) is 4. The van der Waals surface area contributed by atoms with Crippen molar-refractivity contribution >= 4 is 10.9 Å². The van der Waals surface area contributed by atoms with E-state index in [4.69, 9.17) is 0 Å². The number of aromatic nitrogens is 2. The SMILES string of the molecule is O[C@@]1(CN(CCc2c[nH]c3ccccc23)Cc2cccnc2)CCNC1. The van der Waals surface area contributed by atoms with Crippen LogP contribution in [0.15, 0.2) is 55.0 Å². The highest BCUT2D eigenvalue weighted by atomic mass is 16.3. The number of hydrogen-bond donors (Lipinski definition) is 3.